The topological polar surface area (TPSA) is 105 Å². The van der Waals surface area contributed by atoms with Crippen molar-refractivity contribution >= 4 is 17.7 Å². The third-order valence-corrected chi connectivity index (χ3v) is 3.74. The summed E-state index contributed by atoms with van der Waals surface area (Å²) in [7, 11) is 0. The third kappa shape index (κ3) is 4.06. The molecule has 0 spiro atoms. The van der Waals surface area contributed by atoms with Crippen LogP contribution in [0.5, 0.6) is 0 Å². The SMILES string of the molecule is O=C(NCc1ccc(F)cc1)c1noc(CCN2C(=O)CCC2=O)n1. The van der Waals surface area contributed by atoms with Gasteiger partial charge in [-0.2, -0.15) is 4.98 Å². The molecule has 3 rings (SSSR count). The van der Waals surface area contributed by atoms with Gasteiger partial charge in [0.1, 0.15) is 5.82 Å². The van der Waals surface area contributed by atoms with Crippen molar-refractivity contribution in [3.63, 3.8) is 0 Å². The number of hydrogen-bond acceptors (Lipinski definition) is 6. The van der Waals surface area contributed by atoms with Gasteiger partial charge in [0.15, 0.2) is 0 Å². The number of benzene rings is 1. The van der Waals surface area contributed by atoms with Crippen LogP contribution in [0.15, 0.2) is 28.8 Å². The highest BCUT2D eigenvalue weighted by molar-refractivity contribution is 6.01. The van der Waals surface area contributed by atoms with Crippen molar-refractivity contribution < 1.29 is 23.3 Å². The van der Waals surface area contributed by atoms with E-state index < -0.39 is 5.91 Å². The van der Waals surface area contributed by atoms with Crippen molar-refractivity contribution in [2.24, 2.45) is 0 Å². The standard InChI is InChI=1S/C16H15FN4O4/c17-11-3-1-10(2-4-11)9-18-16(24)15-19-12(25-20-15)7-8-21-13(22)5-6-14(21)23/h1-4H,5-9H2,(H,18,24). The van der Waals surface area contributed by atoms with Gasteiger partial charge < -0.3 is 9.84 Å². The molecule has 0 aliphatic carbocycles. The fourth-order valence-corrected chi connectivity index (χ4v) is 2.39. The van der Waals surface area contributed by atoms with E-state index >= 15 is 0 Å². The van der Waals surface area contributed by atoms with Gasteiger partial charge in [0.05, 0.1) is 0 Å². The average Bonchev–Trinajstić information content (AvgIpc) is 3.20. The summed E-state index contributed by atoms with van der Waals surface area (Å²) in [6, 6.07) is 5.71. The molecule has 0 unspecified atom stereocenters. The lowest BCUT2D eigenvalue weighted by Gasteiger charge is -2.11. The molecule has 1 aliphatic rings. The Morgan fingerprint density at radius 2 is 1.88 bits per heavy atom. The minimum Gasteiger partial charge on any atom is -0.345 e. The number of amides is 3. The molecule has 8 nitrogen and oxygen atoms in total. The molecule has 0 bridgehead atoms. The van der Waals surface area contributed by atoms with Crippen LogP contribution in [-0.4, -0.2) is 39.3 Å². The summed E-state index contributed by atoms with van der Waals surface area (Å²) in [6.07, 6.45) is 0.634. The van der Waals surface area contributed by atoms with E-state index in [1.165, 1.54) is 12.1 Å². The molecule has 1 saturated heterocycles. The van der Waals surface area contributed by atoms with Crippen LogP contribution in [0.3, 0.4) is 0 Å². The van der Waals surface area contributed by atoms with Crippen molar-refractivity contribution in [2.75, 3.05) is 6.54 Å². The second kappa shape index (κ2) is 7.20. The Balaban J connectivity index is 1.52. The molecule has 25 heavy (non-hydrogen) atoms. The summed E-state index contributed by atoms with van der Waals surface area (Å²) < 4.78 is 17.8. The second-order valence-electron chi connectivity index (χ2n) is 5.51. The van der Waals surface area contributed by atoms with Crippen LogP contribution >= 0.6 is 0 Å². The highest BCUT2D eigenvalue weighted by Crippen LogP contribution is 2.12. The van der Waals surface area contributed by atoms with Crippen molar-refractivity contribution in [2.45, 2.75) is 25.8 Å². The Hall–Kier alpha value is -3.10. The zero-order chi connectivity index (χ0) is 17.8. The van der Waals surface area contributed by atoms with E-state index in [1.54, 1.807) is 12.1 Å². The van der Waals surface area contributed by atoms with Gasteiger partial charge in [-0.25, -0.2) is 4.39 Å². The molecular weight excluding hydrogens is 331 g/mol. The average molecular weight is 346 g/mol. The van der Waals surface area contributed by atoms with Gasteiger partial charge in [-0.1, -0.05) is 17.3 Å². The van der Waals surface area contributed by atoms with E-state index in [4.69, 9.17) is 4.52 Å². The lowest BCUT2D eigenvalue weighted by atomic mass is 10.2. The van der Waals surface area contributed by atoms with E-state index in [0.717, 1.165) is 10.5 Å². The number of aromatic nitrogens is 2. The zero-order valence-electron chi connectivity index (χ0n) is 13.2. The highest BCUT2D eigenvalue weighted by Gasteiger charge is 2.28. The number of likely N-dealkylation sites (tertiary alicyclic amines) is 1. The molecule has 3 amide bonds. The van der Waals surface area contributed by atoms with Gasteiger partial charge >= 0.3 is 0 Å². The maximum atomic E-state index is 12.8. The summed E-state index contributed by atoms with van der Waals surface area (Å²) in [5, 5.41) is 6.17. The quantitative estimate of drug-likeness (QED) is 0.777. The summed E-state index contributed by atoms with van der Waals surface area (Å²) in [5.41, 5.74) is 0.726. The van der Waals surface area contributed by atoms with E-state index in [-0.39, 0.29) is 61.7 Å². The molecule has 1 aromatic carbocycles. The normalized spacial score (nSPS) is 14.2. The molecule has 2 aromatic rings. The molecule has 1 aromatic heterocycles. The number of imide groups is 1. The van der Waals surface area contributed by atoms with Crippen LogP contribution < -0.4 is 5.32 Å². The number of rotatable bonds is 6. The van der Waals surface area contributed by atoms with Crippen LogP contribution in [-0.2, 0) is 22.6 Å². The maximum absolute atomic E-state index is 12.8. The number of nitrogens with one attached hydrogen (secondary N) is 1. The minimum atomic E-state index is -0.535. The fraction of sp³-hybridized carbons (Fsp3) is 0.312. The van der Waals surface area contributed by atoms with E-state index in [1.807, 2.05) is 0 Å². The Bertz CT molecular complexity index is 787. The Labute approximate surface area is 142 Å². The number of carbonyl (C=O) groups excluding carboxylic acids is 3. The summed E-state index contributed by atoms with van der Waals surface area (Å²) >= 11 is 0. The highest BCUT2D eigenvalue weighted by atomic mass is 19.1. The Morgan fingerprint density at radius 1 is 1.20 bits per heavy atom. The Morgan fingerprint density at radius 3 is 2.56 bits per heavy atom. The molecule has 0 atom stereocenters. The van der Waals surface area contributed by atoms with Crippen molar-refractivity contribution in [1.82, 2.24) is 20.4 Å². The van der Waals surface area contributed by atoms with Gasteiger partial charge in [0, 0.05) is 32.4 Å². The second-order valence-corrected chi connectivity index (χ2v) is 5.51. The number of hydrogen-bond donors (Lipinski definition) is 1. The van der Waals surface area contributed by atoms with Crippen LogP contribution in [0.1, 0.15) is 34.9 Å². The van der Waals surface area contributed by atoms with Gasteiger partial charge in [-0.15, -0.1) is 0 Å². The molecular formula is C16H15FN4O4. The fourth-order valence-electron chi connectivity index (χ4n) is 2.39. The zero-order valence-corrected chi connectivity index (χ0v) is 13.2. The predicted octanol–water partition coefficient (Wildman–Crippen LogP) is 0.830. The first-order valence-electron chi connectivity index (χ1n) is 7.71. The van der Waals surface area contributed by atoms with Gasteiger partial charge in [0.2, 0.25) is 17.7 Å². The van der Waals surface area contributed by atoms with E-state index in [0.29, 0.717) is 0 Å². The summed E-state index contributed by atoms with van der Waals surface area (Å²) in [5.74, 6) is -1.31. The largest absolute Gasteiger partial charge is 0.345 e. The van der Waals surface area contributed by atoms with Crippen LogP contribution in [0.4, 0.5) is 4.39 Å². The van der Waals surface area contributed by atoms with Crippen molar-refractivity contribution in [1.29, 1.82) is 0 Å². The number of halogens is 1. The van der Waals surface area contributed by atoms with E-state index in [9.17, 15) is 18.8 Å². The van der Waals surface area contributed by atoms with Crippen LogP contribution in [0.25, 0.3) is 0 Å². The predicted molar refractivity (Wildman–Crippen MR) is 81.5 cm³/mol. The summed E-state index contributed by atoms with van der Waals surface area (Å²) in [6.45, 7) is 0.344. The molecule has 1 aliphatic heterocycles. The lowest BCUT2D eigenvalue weighted by Crippen LogP contribution is -2.31. The van der Waals surface area contributed by atoms with Crippen molar-refractivity contribution in [3.05, 3.63) is 47.4 Å². The number of carbonyl (C=O) groups is 3. The van der Waals surface area contributed by atoms with Gasteiger partial charge in [0.25, 0.3) is 11.7 Å². The molecule has 1 N–H and O–H groups in total. The van der Waals surface area contributed by atoms with Crippen LogP contribution in [0.2, 0.25) is 0 Å². The molecule has 2 heterocycles. The Kier molecular flexibility index (Phi) is 4.82. The smallest absolute Gasteiger partial charge is 0.292 e. The first-order chi connectivity index (χ1) is 12.0. The van der Waals surface area contributed by atoms with Gasteiger partial charge in [-0.3, -0.25) is 19.3 Å². The molecule has 0 radical (unpaired) electrons. The summed E-state index contributed by atoms with van der Waals surface area (Å²) in [4.78, 5) is 40.1. The monoisotopic (exact) mass is 346 g/mol. The molecule has 1 fully saturated rings. The number of nitrogens with zero attached hydrogens (tertiary/aromatic N) is 3. The molecule has 130 valence electrons. The third-order valence-electron chi connectivity index (χ3n) is 3.74. The lowest BCUT2D eigenvalue weighted by molar-refractivity contribution is -0.138. The molecule has 9 heteroatoms. The van der Waals surface area contributed by atoms with Gasteiger partial charge in [-0.05, 0) is 17.7 Å². The van der Waals surface area contributed by atoms with Crippen LogP contribution in [0, 0.1) is 5.82 Å². The van der Waals surface area contributed by atoms with Crippen molar-refractivity contribution in [3.8, 4) is 0 Å². The first-order valence-corrected chi connectivity index (χ1v) is 7.71. The molecule has 0 saturated carbocycles. The first kappa shape index (κ1) is 16.7. The minimum absolute atomic E-state index is 0.142. The maximum Gasteiger partial charge on any atom is 0.292 e. The van der Waals surface area contributed by atoms with E-state index in [2.05, 4.69) is 15.5 Å².